The lowest BCUT2D eigenvalue weighted by Gasteiger charge is -2.11. The maximum Gasteiger partial charge on any atom is 0.252 e. The Labute approximate surface area is 114 Å². The molecule has 0 aliphatic heterocycles. The van der Waals surface area contributed by atoms with Gasteiger partial charge in [0.1, 0.15) is 0 Å². The van der Waals surface area contributed by atoms with E-state index >= 15 is 0 Å². The van der Waals surface area contributed by atoms with E-state index in [2.05, 4.69) is 27.9 Å². The highest BCUT2D eigenvalue weighted by molar-refractivity contribution is 14.1. The summed E-state index contributed by atoms with van der Waals surface area (Å²) in [5.74, 6) is 1.17. The van der Waals surface area contributed by atoms with Crippen LogP contribution in [0.25, 0.3) is 0 Å². The summed E-state index contributed by atoms with van der Waals surface area (Å²) < 4.78 is 11.2. The van der Waals surface area contributed by atoms with Crippen molar-refractivity contribution in [2.24, 2.45) is 0 Å². The maximum atomic E-state index is 12.0. The Morgan fingerprint density at radius 3 is 2.41 bits per heavy atom. The SMILES string of the molecule is COc1cc(I)c(C(=O)NC2CC2)cc1OC. The molecule has 2 rings (SSSR count). The van der Waals surface area contributed by atoms with Crippen molar-refractivity contribution in [2.75, 3.05) is 14.2 Å². The topological polar surface area (TPSA) is 47.6 Å². The molecule has 92 valence electrons. The van der Waals surface area contributed by atoms with Gasteiger partial charge in [0, 0.05) is 9.61 Å². The number of benzene rings is 1. The molecule has 0 aromatic heterocycles. The van der Waals surface area contributed by atoms with Crippen LogP contribution in [0.3, 0.4) is 0 Å². The number of amides is 1. The van der Waals surface area contributed by atoms with Crippen LogP contribution < -0.4 is 14.8 Å². The van der Waals surface area contributed by atoms with Gasteiger partial charge in [-0.15, -0.1) is 0 Å². The van der Waals surface area contributed by atoms with Crippen LogP contribution in [0.1, 0.15) is 23.2 Å². The molecule has 0 radical (unpaired) electrons. The van der Waals surface area contributed by atoms with E-state index in [9.17, 15) is 4.79 Å². The fourth-order valence-corrected chi connectivity index (χ4v) is 2.20. The molecule has 1 saturated carbocycles. The molecule has 0 spiro atoms. The average Bonchev–Trinajstić information content (AvgIpc) is 3.12. The van der Waals surface area contributed by atoms with Gasteiger partial charge in [0.2, 0.25) is 0 Å². The zero-order chi connectivity index (χ0) is 12.4. The molecule has 1 N–H and O–H groups in total. The van der Waals surface area contributed by atoms with Crippen molar-refractivity contribution < 1.29 is 14.3 Å². The summed E-state index contributed by atoms with van der Waals surface area (Å²) in [7, 11) is 3.14. The Kier molecular flexibility index (Phi) is 3.76. The number of carbonyl (C=O) groups is 1. The molecule has 4 nitrogen and oxygen atoms in total. The smallest absolute Gasteiger partial charge is 0.252 e. The van der Waals surface area contributed by atoms with E-state index in [0.29, 0.717) is 23.1 Å². The van der Waals surface area contributed by atoms with Crippen LogP contribution in [-0.4, -0.2) is 26.2 Å². The van der Waals surface area contributed by atoms with Gasteiger partial charge in [-0.25, -0.2) is 0 Å². The Morgan fingerprint density at radius 1 is 1.29 bits per heavy atom. The third-order valence-corrected chi connectivity index (χ3v) is 3.52. The highest BCUT2D eigenvalue weighted by Crippen LogP contribution is 2.31. The molecule has 0 atom stereocenters. The summed E-state index contributed by atoms with van der Waals surface area (Å²) >= 11 is 2.13. The molecule has 17 heavy (non-hydrogen) atoms. The van der Waals surface area contributed by atoms with Gasteiger partial charge in [0.05, 0.1) is 19.8 Å². The number of carbonyl (C=O) groups excluding carboxylic acids is 1. The largest absolute Gasteiger partial charge is 0.493 e. The number of rotatable bonds is 4. The van der Waals surface area contributed by atoms with Crippen LogP contribution in [-0.2, 0) is 0 Å². The van der Waals surface area contributed by atoms with Gasteiger partial charge in [-0.1, -0.05) is 0 Å². The molecule has 0 saturated heterocycles. The first kappa shape index (κ1) is 12.5. The second kappa shape index (κ2) is 5.12. The van der Waals surface area contributed by atoms with Crippen LogP contribution in [0.4, 0.5) is 0 Å². The van der Waals surface area contributed by atoms with Gasteiger partial charge < -0.3 is 14.8 Å². The third kappa shape index (κ3) is 2.83. The number of nitrogens with one attached hydrogen (secondary N) is 1. The first-order chi connectivity index (χ1) is 8.15. The first-order valence-corrected chi connectivity index (χ1v) is 6.46. The lowest BCUT2D eigenvalue weighted by atomic mass is 10.2. The molecular formula is C12H14INO3. The standard InChI is InChI=1S/C12H14INO3/c1-16-10-5-8(9(13)6-11(10)17-2)12(15)14-7-3-4-7/h5-7H,3-4H2,1-2H3,(H,14,15). The first-order valence-electron chi connectivity index (χ1n) is 5.38. The number of ether oxygens (including phenoxy) is 2. The molecule has 1 aliphatic rings. The second-order valence-corrected chi connectivity index (χ2v) is 5.10. The molecule has 1 fully saturated rings. The highest BCUT2D eigenvalue weighted by Gasteiger charge is 2.25. The fraction of sp³-hybridized carbons (Fsp3) is 0.417. The number of hydrogen-bond donors (Lipinski definition) is 1. The molecule has 5 heteroatoms. The zero-order valence-corrected chi connectivity index (χ0v) is 11.9. The van der Waals surface area contributed by atoms with Crippen LogP contribution in [0.15, 0.2) is 12.1 Å². The molecule has 1 aliphatic carbocycles. The maximum absolute atomic E-state index is 12.0. The minimum Gasteiger partial charge on any atom is -0.493 e. The number of methoxy groups -OCH3 is 2. The summed E-state index contributed by atoms with van der Waals surface area (Å²) in [6, 6.07) is 3.88. The van der Waals surface area contributed by atoms with Gasteiger partial charge >= 0.3 is 0 Å². The predicted molar refractivity (Wildman–Crippen MR) is 72.8 cm³/mol. The van der Waals surface area contributed by atoms with Crippen molar-refractivity contribution in [2.45, 2.75) is 18.9 Å². The van der Waals surface area contributed by atoms with Crippen molar-refractivity contribution in [1.82, 2.24) is 5.32 Å². The molecule has 0 bridgehead atoms. The van der Waals surface area contributed by atoms with Crippen molar-refractivity contribution in [3.63, 3.8) is 0 Å². The van der Waals surface area contributed by atoms with Crippen LogP contribution >= 0.6 is 22.6 Å². The Hall–Kier alpha value is -0.980. The van der Waals surface area contributed by atoms with E-state index in [0.717, 1.165) is 16.4 Å². The van der Waals surface area contributed by atoms with Crippen LogP contribution in [0.5, 0.6) is 11.5 Å². The second-order valence-electron chi connectivity index (χ2n) is 3.93. The zero-order valence-electron chi connectivity index (χ0n) is 9.75. The van der Waals surface area contributed by atoms with Gasteiger partial charge in [0.25, 0.3) is 5.91 Å². The average molecular weight is 347 g/mol. The molecule has 1 aromatic carbocycles. The monoisotopic (exact) mass is 347 g/mol. The minimum absolute atomic E-state index is 0.0437. The summed E-state index contributed by atoms with van der Waals surface area (Å²) in [6.45, 7) is 0. The summed E-state index contributed by atoms with van der Waals surface area (Å²) in [4.78, 5) is 12.0. The van der Waals surface area contributed by atoms with Gasteiger partial charge in [-0.3, -0.25) is 4.79 Å². The van der Waals surface area contributed by atoms with Crippen molar-refractivity contribution in [3.05, 3.63) is 21.3 Å². The van der Waals surface area contributed by atoms with Gasteiger partial charge in [-0.05, 0) is 47.6 Å². The Bertz CT molecular complexity index is 444. The molecule has 0 heterocycles. The van der Waals surface area contributed by atoms with Crippen LogP contribution in [0.2, 0.25) is 0 Å². The number of hydrogen-bond acceptors (Lipinski definition) is 3. The minimum atomic E-state index is -0.0437. The summed E-state index contributed by atoms with van der Waals surface area (Å²) in [5, 5.41) is 2.96. The Balaban J connectivity index is 2.28. The van der Waals surface area contributed by atoms with Gasteiger partial charge in [0.15, 0.2) is 11.5 Å². The van der Waals surface area contributed by atoms with E-state index in [1.807, 2.05) is 0 Å². The van der Waals surface area contributed by atoms with E-state index < -0.39 is 0 Å². The lowest BCUT2D eigenvalue weighted by molar-refractivity contribution is 0.0950. The summed E-state index contributed by atoms with van der Waals surface area (Å²) in [5.41, 5.74) is 0.634. The Morgan fingerprint density at radius 2 is 1.88 bits per heavy atom. The molecular weight excluding hydrogens is 333 g/mol. The van der Waals surface area contributed by atoms with E-state index in [-0.39, 0.29) is 5.91 Å². The van der Waals surface area contributed by atoms with Crippen LogP contribution in [0, 0.1) is 3.57 Å². The molecule has 0 unspecified atom stereocenters. The normalized spacial score (nSPS) is 14.3. The van der Waals surface area contributed by atoms with Crippen molar-refractivity contribution in [1.29, 1.82) is 0 Å². The van der Waals surface area contributed by atoms with Crippen molar-refractivity contribution >= 4 is 28.5 Å². The highest BCUT2D eigenvalue weighted by atomic mass is 127. The summed E-state index contributed by atoms with van der Waals surface area (Å²) in [6.07, 6.45) is 2.16. The fourth-order valence-electron chi connectivity index (χ4n) is 1.52. The molecule has 1 amide bonds. The third-order valence-electron chi connectivity index (χ3n) is 2.63. The van der Waals surface area contributed by atoms with Crippen molar-refractivity contribution in [3.8, 4) is 11.5 Å². The van der Waals surface area contributed by atoms with E-state index in [1.54, 1.807) is 26.4 Å². The predicted octanol–water partition coefficient (Wildman–Crippen LogP) is 2.20. The van der Waals surface area contributed by atoms with E-state index in [4.69, 9.17) is 9.47 Å². The molecule has 1 aromatic rings. The number of halogens is 1. The quantitative estimate of drug-likeness (QED) is 0.850. The van der Waals surface area contributed by atoms with Gasteiger partial charge in [-0.2, -0.15) is 0 Å². The lowest BCUT2D eigenvalue weighted by Crippen LogP contribution is -2.26. The van der Waals surface area contributed by atoms with E-state index in [1.165, 1.54) is 0 Å².